The molecule has 2 aromatic rings. The van der Waals surface area contributed by atoms with Crippen molar-refractivity contribution in [2.75, 3.05) is 6.61 Å². The third-order valence-electron chi connectivity index (χ3n) is 2.79. The van der Waals surface area contributed by atoms with Gasteiger partial charge in [0.1, 0.15) is 5.69 Å². The number of allylic oxidation sites excluding steroid dienone is 1. The smallest absolute Gasteiger partial charge is 0.316 e. The van der Waals surface area contributed by atoms with Crippen molar-refractivity contribution in [1.82, 2.24) is 15.0 Å². The molecule has 2 rings (SSSR count). The molecule has 112 valence electrons. The summed E-state index contributed by atoms with van der Waals surface area (Å²) in [6, 6.07) is 4.29. The van der Waals surface area contributed by atoms with Gasteiger partial charge in [0.05, 0.1) is 12.2 Å². The maximum absolute atomic E-state index is 5.19. The Morgan fingerprint density at radius 1 is 1.05 bits per heavy atom. The summed E-state index contributed by atoms with van der Waals surface area (Å²) in [5, 5.41) is 0. The number of ether oxygens (including phenoxy) is 1. The van der Waals surface area contributed by atoms with Crippen molar-refractivity contribution in [3.8, 4) is 17.9 Å². The first kappa shape index (κ1) is 15.7. The lowest BCUT2D eigenvalue weighted by atomic mass is 10.2. The summed E-state index contributed by atoms with van der Waals surface area (Å²) >= 11 is 0. The summed E-state index contributed by atoms with van der Waals surface area (Å²) in [5.74, 6) is 5.99. The van der Waals surface area contributed by atoms with Crippen LogP contribution >= 0.6 is 0 Å². The van der Waals surface area contributed by atoms with Crippen LogP contribution in [0.25, 0.3) is 6.08 Å². The van der Waals surface area contributed by atoms with Crippen LogP contribution in [0.3, 0.4) is 0 Å². The molecule has 4 heteroatoms. The second-order valence-corrected chi connectivity index (χ2v) is 4.61. The fourth-order valence-electron chi connectivity index (χ4n) is 1.68. The molecule has 2 aromatic heterocycles. The predicted molar refractivity (Wildman–Crippen MR) is 87.4 cm³/mol. The zero-order valence-corrected chi connectivity index (χ0v) is 12.9. The first-order chi connectivity index (χ1) is 10.8. The summed E-state index contributed by atoms with van der Waals surface area (Å²) < 4.78 is 5.19. The van der Waals surface area contributed by atoms with Gasteiger partial charge in [0.15, 0.2) is 0 Å². The third-order valence-corrected chi connectivity index (χ3v) is 2.79. The van der Waals surface area contributed by atoms with Crippen LogP contribution in [0, 0.1) is 11.8 Å². The van der Waals surface area contributed by atoms with Gasteiger partial charge >= 0.3 is 6.01 Å². The standard InChI is InChI=1S/C18H19N3O/c1-3-5-6-7-15-8-10-17(19-12-15)11-9-16-13-20-18(21-14-16)22-4-2/h6-8,10,12-14H,3-5H2,1-2H3/b7-6+. The van der Waals surface area contributed by atoms with Crippen LogP contribution in [0.4, 0.5) is 0 Å². The van der Waals surface area contributed by atoms with Crippen molar-refractivity contribution in [2.45, 2.75) is 26.7 Å². The average Bonchev–Trinajstić information content (AvgIpc) is 2.56. The van der Waals surface area contributed by atoms with E-state index in [1.807, 2.05) is 25.3 Å². The molecule has 0 bridgehead atoms. The number of nitrogens with zero attached hydrogens (tertiary/aromatic N) is 3. The van der Waals surface area contributed by atoms with E-state index >= 15 is 0 Å². The van der Waals surface area contributed by atoms with E-state index in [-0.39, 0.29) is 0 Å². The van der Waals surface area contributed by atoms with E-state index in [4.69, 9.17) is 4.74 Å². The lowest BCUT2D eigenvalue weighted by molar-refractivity contribution is 0.312. The highest BCUT2D eigenvalue weighted by atomic mass is 16.5. The van der Waals surface area contributed by atoms with Gasteiger partial charge in [-0.2, -0.15) is 0 Å². The molecule has 0 aliphatic carbocycles. The minimum Gasteiger partial charge on any atom is -0.464 e. The topological polar surface area (TPSA) is 47.9 Å². The van der Waals surface area contributed by atoms with Crippen LogP contribution in [0.15, 0.2) is 36.8 Å². The Bertz CT molecular complexity index is 664. The van der Waals surface area contributed by atoms with Crippen LogP contribution in [-0.4, -0.2) is 21.6 Å². The van der Waals surface area contributed by atoms with Crippen molar-refractivity contribution >= 4 is 6.08 Å². The Hall–Kier alpha value is -2.67. The van der Waals surface area contributed by atoms with Crippen molar-refractivity contribution in [1.29, 1.82) is 0 Å². The lowest BCUT2D eigenvalue weighted by Crippen LogP contribution is -1.96. The highest BCUT2D eigenvalue weighted by Crippen LogP contribution is 2.04. The summed E-state index contributed by atoms with van der Waals surface area (Å²) in [6.07, 6.45) is 11.6. The van der Waals surface area contributed by atoms with Crippen molar-refractivity contribution < 1.29 is 4.74 Å². The molecule has 0 aromatic carbocycles. The molecule has 4 nitrogen and oxygen atoms in total. The van der Waals surface area contributed by atoms with E-state index in [0.717, 1.165) is 29.7 Å². The zero-order chi connectivity index (χ0) is 15.6. The minimum absolute atomic E-state index is 0.370. The fourth-order valence-corrected chi connectivity index (χ4v) is 1.68. The van der Waals surface area contributed by atoms with Crippen molar-refractivity contribution in [2.24, 2.45) is 0 Å². The van der Waals surface area contributed by atoms with Gasteiger partial charge < -0.3 is 4.74 Å². The van der Waals surface area contributed by atoms with E-state index in [9.17, 15) is 0 Å². The molecule has 0 N–H and O–H groups in total. The second kappa shape index (κ2) is 8.58. The van der Waals surface area contributed by atoms with E-state index in [1.54, 1.807) is 12.4 Å². The Morgan fingerprint density at radius 3 is 2.50 bits per heavy atom. The monoisotopic (exact) mass is 293 g/mol. The third kappa shape index (κ3) is 5.02. The highest BCUT2D eigenvalue weighted by Gasteiger charge is 1.95. The first-order valence-electron chi connectivity index (χ1n) is 7.41. The Balaban J connectivity index is 2.01. The zero-order valence-electron chi connectivity index (χ0n) is 12.9. The van der Waals surface area contributed by atoms with E-state index < -0.39 is 0 Å². The molecular formula is C18H19N3O. The maximum atomic E-state index is 5.19. The Kier molecular flexibility index (Phi) is 6.13. The van der Waals surface area contributed by atoms with Gasteiger partial charge in [-0.15, -0.1) is 0 Å². The van der Waals surface area contributed by atoms with Crippen LogP contribution in [-0.2, 0) is 0 Å². The van der Waals surface area contributed by atoms with Gasteiger partial charge in [-0.3, -0.25) is 0 Å². The molecule has 0 unspecified atom stereocenters. The fraction of sp³-hybridized carbons (Fsp3) is 0.278. The molecule has 0 amide bonds. The van der Waals surface area contributed by atoms with Crippen molar-refractivity contribution in [3.63, 3.8) is 0 Å². The van der Waals surface area contributed by atoms with E-state index in [0.29, 0.717) is 12.6 Å². The molecule has 22 heavy (non-hydrogen) atoms. The van der Waals surface area contributed by atoms with E-state index in [2.05, 4.69) is 45.9 Å². The predicted octanol–water partition coefficient (Wildman–Crippen LogP) is 3.48. The molecule has 0 aliphatic rings. The summed E-state index contributed by atoms with van der Waals surface area (Å²) in [7, 11) is 0. The summed E-state index contributed by atoms with van der Waals surface area (Å²) in [4.78, 5) is 12.5. The number of hydrogen-bond acceptors (Lipinski definition) is 4. The van der Waals surface area contributed by atoms with E-state index in [1.165, 1.54) is 0 Å². The molecule has 0 aliphatic heterocycles. The molecular weight excluding hydrogens is 274 g/mol. The van der Waals surface area contributed by atoms with Crippen LogP contribution in [0.2, 0.25) is 0 Å². The largest absolute Gasteiger partial charge is 0.464 e. The Labute approximate surface area is 131 Å². The number of rotatable bonds is 5. The molecule has 0 saturated heterocycles. The van der Waals surface area contributed by atoms with Gasteiger partial charge in [0, 0.05) is 18.6 Å². The number of aromatic nitrogens is 3. The summed E-state index contributed by atoms with van der Waals surface area (Å²) in [6.45, 7) is 4.60. The van der Waals surface area contributed by atoms with Crippen LogP contribution in [0.5, 0.6) is 6.01 Å². The minimum atomic E-state index is 0.370. The van der Waals surface area contributed by atoms with Crippen LogP contribution < -0.4 is 4.74 Å². The van der Waals surface area contributed by atoms with Gasteiger partial charge in [-0.1, -0.05) is 37.5 Å². The number of hydrogen-bond donors (Lipinski definition) is 0. The van der Waals surface area contributed by atoms with Gasteiger partial charge in [0.25, 0.3) is 0 Å². The molecule has 2 heterocycles. The van der Waals surface area contributed by atoms with Gasteiger partial charge in [-0.25, -0.2) is 15.0 Å². The highest BCUT2D eigenvalue weighted by molar-refractivity contribution is 5.49. The SMILES string of the molecule is CCC/C=C/c1ccc(C#Cc2cnc(OCC)nc2)nc1. The molecule has 0 fully saturated rings. The normalized spacial score (nSPS) is 10.3. The first-order valence-corrected chi connectivity index (χ1v) is 7.41. The second-order valence-electron chi connectivity index (χ2n) is 4.61. The van der Waals surface area contributed by atoms with Crippen LogP contribution in [0.1, 0.15) is 43.5 Å². The quantitative estimate of drug-likeness (QED) is 0.792. The number of pyridine rings is 1. The van der Waals surface area contributed by atoms with Gasteiger partial charge in [0.2, 0.25) is 0 Å². The molecule has 0 radical (unpaired) electrons. The Morgan fingerprint density at radius 2 is 1.86 bits per heavy atom. The number of unbranched alkanes of at least 4 members (excludes halogenated alkanes) is 1. The molecule has 0 saturated carbocycles. The van der Waals surface area contributed by atoms with Gasteiger partial charge in [-0.05, 0) is 30.9 Å². The summed E-state index contributed by atoms with van der Waals surface area (Å²) in [5.41, 5.74) is 2.54. The lowest BCUT2D eigenvalue weighted by Gasteiger charge is -1.98. The average molecular weight is 293 g/mol. The van der Waals surface area contributed by atoms with Crippen molar-refractivity contribution in [3.05, 3.63) is 53.6 Å². The molecule has 0 spiro atoms. The molecule has 0 atom stereocenters. The maximum Gasteiger partial charge on any atom is 0.316 e.